The van der Waals surface area contributed by atoms with Gasteiger partial charge in [-0.25, -0.2) is 0 Å². The van der Waals surface area contributed by atoms with Gasteiger partial charge in [-0.15, -0.1) is 0 Å². The summed E-state index contributed by atoms with van der Waals surface area (Å²) in [5.74, 6) is 2.98. The number of hydrogen-bond donors (Lipinski definition) is 1. The van der Waals surface area contributed by atoms with E-state index in [0.29, 0.717) is 18.4 Å². The van der Waals surface area contributed by atoms with E-state index in [9.17, 15) is 0 Å². The maximum absolute atomic E-state index is 5.79. The zero-order valence-electron chi connectivity index (χ0n) is 10.9. The lowest BCUT2D eigenvalue weighted by Gasteiger charge is -2.12. The van der Waals surface area contributed by atoms with E-state index in [1.54, 1.807) is 0 Å². The Hall–Kier alpha value is -0.900. The van der Waals surface area contributed by atoms with Crippen LogP contribution < -0.4 is 5.73 Å². The third-order valence-corrected chi connectivity index (χ3v) is 3.57. The molecule has 1 aromatic rings. The Morgan fingerprint density at radius 2 is 2.06 bits per heavy atom. The van der Waals surface area contributed by atoms with Crippen LogP contribution in [0.3, 0.4) is 0 Å². The van der Waals surface area contributed by atoms with Crippen LogP contribution in [-0.4, -0.2) is 16.7 Å². The highest BCUT2D eigenvalue weighted by Crippen LogP contribution is 2.33. The summed E-state index contributed by atoms with van der Waals surface area (Å²) < 4.78 is 5.39. The standard InChI is InChI=1S/C13H23N3O/c1-9(2)7-11(8-14)13-15-12(16-17-13)10-5-3-4-6-10/h9-11H,3-8,14H2,1-2H3. The van der Waals surface area contributed by atoms with Gasteiger partial charge in [-0.1, -0.05) is 31.8 Å². The fourth-order valence-corrected chi connectivity index (χ4v) is 2.63. The van der Waals surface area contributed by atoms with E-state index in [1.165, 1.54) is 25.7 Å². The van der Waals surface area contributed by atoms with Gasteiger partial charge >= 0.3 is 0 Å². The quantitative estimate of drug-likeness (QED) is 0.855. The van der Waals surface area contributed by atoms with E-state index in [1.807, 2.05) is 0 Å². The molecule has 1 atom stereocenters. The van der Waals surface area contributed by atoms with Gasteiger partial charge in [0.2, 0.25) is 5.89 Å². The molecule has 0 aromatic carbocycles. The predicted octanol–water partition coefficient (Wildman–Crippen LogP) is 2.82. The lowest BCUT2D eigenvalue weighted by molar-refractivity contribution is 0.330. The molecule has 0 radical (unpaired) electrons. The third-order valence-electron chi connectivity index (χ3n) is 3.57. The van der Waals surface area contributed by atoms with Crippen molar-refractivity contribution in [3.63, 3.8) is 0 Å². The first kappa shape index (κ1) is 12.6. The van der Waals surface area contributed by atoms with Crippen molar-refractivity contribution >= 4 is 0 Å². The Kier molecular flexibility index (Phi) is 4.15. The van der Waals surface area contributed by atoms with Crippen LogP contribution in [0.4, 0.5) is 0 Å². The van der Waals surface area contributed by atoms with Gasteiger partial charge in [-0.3, -0.25) is 0 Å². The van der Waals surface area contributed by atoms with Crippen molar-refractivity contribution in [3.05, 3.63) is 11.7 Å². The van der Waals surface area contributed by atoms with Crippen molar-refractivity contribution in [2.45, 2.75) is 57.8 Å². The minimum Gasteiger partial charge on any atom is -0.339 e. The highest BCUT2D eigenvalue weighted by molar-refractivity contribution is 5.01. The molecule has 2 N–H and O–H groups in total. The summed E-state index contributed by atoms with van der Waals surface area (Å²) >= 11 is 0. The van der Waals surface area contributed by atoms with Crippen LogP contribution >= 0.6 is 0 Å². The molecule has 0 aliphatic heterocycles. The van der Waals surface area contributed by atoms with Crippen LogP contribution in [0, 0.1) is 5.92 Å². The Labute approximate surface area is 103 Å². The molecule has 4 heteroatoms. The molecule has 1 aliphatic rings. The van der Waals surface area contributed by atoms with E-state index in [-0.39, 0.29) is 5.92 Å². The van der Waals surface area contributed by atoms with Gasteiger partial charge in [0.05, 0.1) is 5.92 Å². The zero-order chi connectivity index (χ0) is 12.3. The Bertz CT molecular complexity index is 342. The van der Waals surface area contributed by atoms with Crippen LogP contribution in [0.2, 0.25) is 0 Å². The van der Waals surface area contributed by atoms with Gasteiger partial charge < -0.3 is 10.3 Å². The largest absolute Gasteiger partial charge is 0.339 e. The first-order valence-corrected chi connectivity index (χ1v) is 6.74. The molecule has 17 heavy (non-hydrogen) atoms. The maximum Gasteiger partial charge on any atom is 0.231 e. The summed E-state index contributed by atoms with van der Waals surface area (Å²) in [4.78, 5) is 4.56. The van der Waals surface area contributed by atoms with Crippen molar-refractivity contribution in [2.24, 2.45) is 11.7 Å². The molecule has 96 valence electrons. The topological polar surface area (TPSA) is 64.9 Å². The van der Waals surface area contributed by atoms with Crippen LogP contribution in [0.25, 0.3) is 0 Å². The number of rotatable bonds is 5. The average molecular weight is 237 g/mol. The molecule has 0 bridgehead atoms. The maximum atomic E-state index is 5.79. The fraction of sp³-hybridized carbons (Fsp3) is 0.846. The van der Waals surface area contributed by atoms with Crippen LogP contribution in [0.15, 0.2) is 4.52 Å². The molecule has 0 saturated heterocycles. The molecule has 1 fully saturated rings. The van der Waals surface area contributed by atoms with Crippen molar-refractivity contribution in [1.82, 2.24) is 10.1 Å². The van der Waals surface area contributed by atoms with Gasteiger partial charge in [0.1, 0.15) is 0 Å². The van der Waals surface area contributed by atoms with E-state index < -0.39 is 0 Å². The molecular formula is C13H23N3O. The zero-order valence-corrected chi connectivity index (χ0v) is 10.9. The SMILES string of the molecule is CC(C)CC(CN)c1nc(C2CCCC2)no1. The van der Waals surface area contributed by atoms with E-state index in [2.05, 4.69) is 24.0 Å². The molecule has 0 amide bonds. The third kappa shape index (κ3) is 3.06. The van der Waals surface area contributed by atoms with Crippen molar-refractivity contribution < 1.29 is 4.52 Å². The lowest BCUT2D eigenvalue weighted by Crippen LogP contribution is -2.15. The first-order chi connectivity index (χ1) is 8.20. The van der Waals surface area contributed by atoms with Gasteiger partial charge in [0.15, 0.2) is 5.82 Å². The van der Waals surface area contributed by atoms with E-state index in [0.717, 1.165) is 18.1 Å². The van der Waals surface area contributed by atoms with E-state index >= 15 is 0 Å². The van der Waals surface area contributed by atoms with Crippen LogP contribution in [-0.2, 0) is 0 Å². The fourth-order valence-electron chi connectivity index (χ4n) is 2.63. The Morgan fingerprint density at radius 3 is 2.65 bits per heavy atom. The number of hydrogen-bond acceptors (Lipinski definition) is 4. The van der Waals surface area contributed by atoms with Gasteiger partial charge in [0.25, 0.3) is 0 Å². The summed E-state index contributed by atoms with van der Waals surface area (Å²) in [5, 5.41) is 4.13. The van der Waals surface area contributed by atoms with Gasteiger partial charge in [-0.2, -0.15) is 4.98 Å². The van der Waals surface area contributed by atoms with Crippen LogP contribution in [0.1, 0.15) is 69.5 Å². The summed E-state index contributed by atoms with van der Waals surface area (Å²) in [6.45, 7) is 4.97. The predicted molar refractivity (Wildman–Crippen MR) is 66.8 cm³/mol. The minimum absolute atomic E-state index is 0.220. The molecule has 0 spiro atoms. The number of nitrogens with two attached hydrogens (primary N) is 1. The van der Waals surface area contributed by atoms with Crippen LogP contribution in [0.5, 0.6) is 0 Å². The lowest BCUT2D eigenvalue weighted by atomic mass is 9.97. The normalized spacial score (nSPS) is 19.1. The second kappa shape index (κ2) is 5.63. The average Bonchev–Trinajstić information content (AvgIpc) is 2.95. The van der Waals surface area contributed by atoms with E-state index in [4.69, 9.17) is 10.3 Å². The molecule has 1 aromatic heterocycles. The molecule has 2 rings (SSSR count). The van der Waals surface area contributed by atoms with Gasteiger partial charge in [0, 0.05) is 12.5 Å². The van der Waals surface area contributed by atoms with Gasteiger partial charge in [-0.05, 0) is 25.2 Å². The van der Waals surface area contributed by atoms with Crippen molar-refractivity contribution in [3.8, 4) is 0 Å². The monoisotopic (exact) mass is 237 g/mol. The molecule has 1 saturated carbocycles. The highest BCUT2D eigenvalue weighted by Gasteiger charge is 2.25. The molecule has 1 unspecified atom stereocenters. The first-order valence-electron chi connectivity index (χ1n) is 6.74. The smallest absolute Gasteiger partial charge is 0.231 e. The highest BCUT2D eigenvalue weighted by atomic mass is 16.5. The summed E-state index contributed by atoms with van der Waals surface area (Å²) in [7, 11) is 0. The molecular weight excluding hydrogens is 214 g/mol. The molecule has 4 nitrogen and oxygen atoms in total. The number of aromatic nitrogens is 2. The Morgan fingerprint density at radius 1 is 1.35 bits per heavy atom. The Balaban J connectivity index is 2.04. The second-order valence-electron chi connectivity index (χ2n) is 5.53. The van der Waals surface area contributed by atoms with Crippen molar-refractivity contribution in [1.29, 1.82) is 0 Å². The summed E-state index contributed by atoms with van der Waals surface area (Å²) in [5.41, 5.74) is 5.79. The summed E-state index contributed by atoms with van der Waals surface area (Å²) in [6, 6.07) is 0. The summed E-state index contributed by atoms with van der Waals surface area (Å²) in [6.07, 6.45) is 6.01. The number of nitrogens with zero attached hydrogens (tertiary/aromatic N) is 2. The minimum atomic E-state index is 0.220. The molecule has 1 heterocycles. The molecule has 1 aliphatic carbocycles. The second-order valence-corrected chi connectivity index (χ2v) is 5.53. The van der Waals surface area contributed by atoms with Crippen molar-refractivity contribution in [2.75, 3.05) is 6.54 Å².